The first kappa shape index (κ1) is 15.3. The van der Waals surface area contributed by atoms with E-state index in [2.05, 4.69) is 5.32 Å². The summed E-state index contributed by atoms with van der Waals surface area (Å²) in [5, 5.41) is 13.4. The number of nitrogens with zero attached hydrogens (tertiary/aromatic N) is 2. The van der Waals surface area contributed by atoms with E-state index in [-0.39, 0.29) is 16.9 Å². The number of anilines is 2. The monoisotopic (exact) mass is 325 g/mol. The minimum Gasteiger partial charge on any atom is -0.319 e. The molecule has 1 N–H and O–H groups in total. The van der Waals surface area contributed by atoms with Gasteiger partial charge < -0.3 is 5.32 Å². The summed E-state index contributed by atoms with van der Waals surface area (Å²) in [6.45, 7) is -0.409. The van der Waals surface area contributed by atoms with Gasteiger partial charge in [-0.2, -0.15) is 0 Å². The van der Waals surface area contributed by atoms with Gasteiger partial charge in [0.05, 0.1) is 16.2 Å². The number of Topliss-reactive ketones (excluding diaryl/α,β-unsaturated/α-hetero) is 1. The number of nitro groups is 1. The van der Waals surface area contributed by atoms with Crippen molar-refractivity contribution in [2.75, 3.05) is 16.8 Å². The zero-order chi connectivity index (χ0) is 17.3. The number of benzene rings is 2. The highest BCUT2D eigenvalue weighted by Crippen LogP contribution is 2.28. The normalized spacial score (nSPS) is 12.9. The fourth-order valence-corrected chi connectivity index (χ4v) is 2.48. The minimum absolute atomic E-state index is 0.0266. The maximum absolute atomic E-state index is 12.2. The van der Waals surface area contributed by atoms with Gasteiger partial charge in [0.1, 0.15) is 12.2 Å². The summed E-state index contributed by atoms with van der Waals surface area (Å²) in [5.74, 6) is -2.11. The summed E-state index contributed by atoms with van der Waals surface area (Å²) in [6.07, 6.45) is 0. The van der Waals surface area contributed by atoms with E-state index < -0.39 is 29.1 Å². The number of hydrogen-bond donors (Lipinski definition) is 1. The van der Waals surface area contributed by atoms with E-state index in [4.69, 9.17) is 0 Å². The van der Waals surface area contributed by atoms with E-state index in [0.717, 1.165) is 4.90 Å². The standard InChI is InChI=1S/C16H11N3O5/c20-14(17-11-6-2-4-8-13(11)19(23)24)9-18-12-7-3-1-5-10(12)15(21)16(18)22/h1-8H,9H2,(H,17,20). The molecule has 0 bridgehead atoms. The Hall–Kier alpha value is -3.55. The Kier molecular flexibility index (Phi) is 3.78. The third-order valence-corrected chi connectivity index (χ3v) is 3.56. The number of hydrogen-bond acceptors (Lipinski definition) is 5. The van der Waals surface area contributed by atoms with Gasteiger partial charge in [0, 0.05) is 6.07 Å². The van der Waals surface area contributed by atoms with E-state index >= 15 is 0 Å². The second-order valence-corrected chi connectivity index (χ2v) is 5.06. The van der Waals surface area contributed by atoms with E-state index in [1.54, 1.807) is 24.3 Å². The van der Waals surface area contributed by atoms with Crippen LogP contribution in [0.15, 0.2) is 48.5 Å². The van der Waals surface area contributed by atoms with Gasteiger partial charge in [-0.05, 0) is 18.2 Å². The highest BCUT2D eigenvalue weighted by molar-refractivity contribution is 6.52. The first-order valence-corrected chi connectivity index (χ1v) is 6.97. The Morgan fingerprint density at radius 2 is 1.75 bits per heavy atom. The van der Waals surface area contributed by atoms with Gasteiger partial charge in [0.25, 0.3) is 17.4 Å². The van der Waals surface area contributed by atoms with Gasteiger partial charge in [-0.15, -0.1) is 0 Å². The number of ketones is 1. The number of carbonyl (C=O) groups is 3. The molecule has 1 heterocycles. The lowest BCUT2D eigenvalue weighted by atomic mass is 10.1. The molecule has 0 saturated carbocycles. The van der Waals surface area contributed by atoms with Crippen molar-refractivity contribution in [2.24, 2.45) is 0 Å². The molecule has 0 aliphatic carbocycles. The number of fused-ring (bicyclic) bond motifs is 1. The highest BCUT2D eigenvalue weighted by Gasteiger charge is 2.36. The predicted octanol–water partition coefficient (Wildman–Crippen LogP) is 1.76. The van der Waals surface area contributed by atoms with Crippen molar-refractivity contribution in [3.05, 3.63) is 64.2 Å². The minimum atomic E-state index is -0.797. The van der Waals surface area contributed by atoms with Crippen LogP contribution in [0.1, 0.15) is 10.4 Å². The predicted molar refractivity (Wildman–Crippen MR) is 84.9 cm³/mol. The smallest absolute Gasteiger partial charge is 0.299 e. The van der Waals surface area contributed by atoms with Crippen molar-refractivity contribution in [2.45, 2.75) is 0 Å². The van der Waals surface area contributed by atoms with Crippen molar-refractivity contribution < 1.29 is 19.3 Å². The average molecular weight is 325 g/mol. The van der Waals surface area contributed by atoms with Crippen LogP contribution in [-0.4, -0.2) is 29.1 Å². The number of nitro benzene ring substituents is 1. The van der Waals surface area contributed by atoms with E-state index in [0.29, 0.717) is 5.69 Å². The molecule has 1 aliphatic rings. The van der Waals surface area contributed by atoms with Gasteiger partial charge in [-0.3, -0.25) is 29.4 Å². The Labute approximate surface area is 135 Å². The lowest BCUT2D eigenvalue weighted by Crippen LogP contribution is -2.37. The summed E-state index contributed by atoms with van der Waals surface area (Å²) < 4.78 is 0. The Morgan fingerprint density at radius 1 is 1.08 bits per heavy atom. The Morgan fingerprint density at radius 3 is 2.50 bits per heavy atom. The molecule has 0 unspecified atom stereocenters. The van der Waals surface area contributed by atoms with Crippen molar-refractivity contribution in [1.82, 2.24) is 0 Å². The molecule has 2 aromatic rings. The molecule has 0 atom stereocenters. The molecule has 0 radical (unpaired) electrons. The van der Waals surface area contributed by atoms with Crippen LogP contribution >= 0.6 is 0 Å². The topological polar surface area (TPSA) is 110 Å². The molecule has 24 heavy (non-hydrogen) atoms. The molecule has 8 heteroatoms. The maximum Gasteiger partial charge on any atom is 0.299 e. The highest BCUT2D eigenvalue weighted by atomic mass is 16.6. The van der Waals surface area contributed by atoms with Crippen molar-refractivity contribution >= 4 is 34.7 Å². The van der Waals surface area contributed by atoms with E-state index in [9.17, 15) is 24.5 Å². The maximum atomic E-state index is 12.2. The molecule has 0 saturated heterocycles. The van der Waals surface area contributed by atoms with Crippen molar-refractivity contribution in [1.29, 1.82) is 0 Å². The van der Waals surface area contributed by atoms with Crippen LogP contribution in [0.2, 0.25) is 0 Å². The Bertz CT molecular complexity index is 878. The van der Waals surface area contributed by atoms with Crippen LogP contribution in [0.4, 0.5) is 17.1 Å². The summed E-state index contributed by atoms with van der Waals surface area (Å²) in [7, 11) is 0. The van der Waals surface area contributed by atoms with Gasteiger partial charge in [0.2, 0.25) is 5.91 Å². The molecule has 2 aromatic carbocycles. The number of para-hydroxylation sites is 3. The number of carbonyl (C=O) groups excluding carboxylic acids is 3. The fourth-order valence-electron chi connectivity index (χ4n) is 2.48. The van der Waals surface area contributed by atoms with Crippen LogP contribution in [0.5, 0.6) is 0 Å². The molecule has 8 nitrogen and oxygen atoms in total. The second kappa shape index (κ2) is 5.92. The summed E-state index contributed by atoms with van der Waals surface area (Å²) in [4.78, 5) is 47.5. The molecule has 3 rings (SSSR count). The molecular weight excluding hydrogens is 314 g/mol. The SMILES string of the molecule is O=C(CN1C(=O)C(=O)c2ccccc21)Nc1ccccc1[N+](=O)[O-]. The third-order valence-electron chi connectivity index (χ3n) is 3.56. The number of rotatable bonds is 4. The molecule has 2 amide bonds. The largest absolute Gasteiger partial charge is 0.319 e. The van der Waals surface area contributed by atoms with Gasteiger partial charge in [-0.25, -0.2) is 0 Å². The first-order chi connectivity index (χ1) is 11.5. The second-order valence-electron chi connectivity index (χ2n) is 5.06. The van der Waals surface area contributed by atoms with Crippen LogP contribution in [0.3, 0.4) is 0 Å². The number of nitrogens with one attached hydrogen (secondary N) is 1. The van der Waals surface area contributed by atoms with E-state index in [1.165, 1.54) is 24.3 Å². The van der Waals surface area contributed by atoms with Crippen LogP contribution in [-0.2, 0) is 9.59 Å². The lowest BCUT2D eigenvalue weighted by Gasteiger charge is -2.16. The average Bonchev–Trinajstić information content (AvgIpc) is 2.80. The Balaban J connectivity index is 1.80. The summed E-state index contributed by atoms with van der Waals surface area (Å²) in [5.41, 5.74) is 0.361. The zero-order valence-electron chi connectivity index (χ0n) is 12.3. The fraction of sp³-hybridized carbons (Fsp3) is 0.0625. The van der Waals surface area contributed by atoms with Gasteiger partial charge in [-0.1, -0.05) is 24.3 Å². The third kappa shape index (κ3) is 2.60. The molecule has 1 aliphatic heterocycles. The lowest BCUT2D eigenvalue weighted by molar-refractivity contribution is -0.383. The summed E-state index contributed by atoms with van der Waals surface area (Å²) >= 11 is 0. The number of amides is 2. The molecule has 120 valence electrons. The molecular formula is C16H11N3O5. The molecule has 0 spiro atoms. The molecule has 0 aromatic heterocycles. The molecule has 0 fully saturated rings. The van der Waals surface area contributed by atoms with Gasteiger partial charge >= 0.3 is 0 Å². The van der Waals surface area contributed by atoms with Crippen LogP contribution in [0, 0.1) is 10.1 Å². The quantitative estimate of drug-likeness (QED) is 0.523. The van der Waals surface area contributed by atoms with Gasteiger partial charge in [0.15, 0.2) is 0 Å². The van der Waals surface area contributed by atoms with Crippen LogP contribution in [0.25, 0.3) is 0 Å². The van der Waals surface area contributed by atoms with Crippen LogP contribution < -0.4 is 10.2 Å². The van der Waals surface area contributed by atoms with Crippen molar-refractivity contribution in [3.8, 4) is 0 Å². The summed E-state index contributed by atoms with van der Waals surface area (Å²) in [6, 6.07) is 12.0. The van der Waals surface area contributed by atoms with Crippen molar-refractivity contribution in [3.63, 3.8) is 0 Å². The zero-order valence-corrected chi connectivity index (χ0v) is 12.3. The first-order valence-electron chi connectivity index (χ1n) is 6.97. The van der Waals surface area contributed by atoms with E-state index in [1.807, 2.05) is 0 Å².